The number of nitrogens with one attached hydrogen (secondary N) is 1. The second-order valence-corrected chi connectivity index (χ2v) is 14.7. The molecule has 11 heteroatoms. The van der Waals surface area contributed by atoms with Crippen molar-refractivity contribution in [3.8, 4) is 0 Å². The van der Waals surface area contributed by atoms with Crippen molar-refractivity contribution in [2.75, 3.05) is 11.9 Å². The predicted octanol–water partition coefficient (Wildman–Crippen LogP) is 3.36. The zero-order chi connectivity index (χ0) is 27.4. The highest BCUT2D eigenvalue weighted by Crippen LogP contribution is 2.42. The maximum Gasteiger partial charge on any atom is 0.256 e. The fourth-order valence-corrected chi connectivity index (χ4v) is 4.91. The van der Waals surface area contributed by atoms with E-state index in [0.717, 1.165) is 0 Å². The van der Waals surface area contributed by atoms with Gasteiger partial charge in [0.25, 0.3) is 5.91 Å². The minimum Gasteiger partial charge on any atom is -0.407 e. The zero-order valence-corrected chi connectivity index (χ0v) is 21.9. The lowest BCUT2D eigenvalue weighted by atomic mass is 10.1. The Balaban J connectivity index is 0.00000186. The van der Waals surface area contributed by atoms with E-state index in [0.29, 0.717) is 16.7 Å². The van der Waals surface area contributed by atoms with Crippen molar-refractivity contribution in [3.05, 3.63) is 48.5 Å². The number of amides is 1. The smallest absolute Gasteiger partial charge is 0.256 e. The summed E-state index contributed by atoms with van der Waals surface area (Å²) in [6, 6.07) is 8.80. The van der Waals surface area contributed by atoms with Gasteiger partial charge in [0.05, 0.1) is 12.9 Å². The number of aromatic nitrogens is 4. The van der Waals surface area contributed by atoms with Crippen LogP contribution in [0.3, 0.4) is 0 Å². The normalized spacial score (nSPS) is 23.3. The minimum absolute atomic E-state index is 0.102. The lowest BCUT2D eigenvalue weighted by molar-refractivity contribution is -0.0497. The van der Waals surface area contributed by atoms with Crippen molar-refractivity contribution in [2.24, 2.45) is 0 Å². The topological polar surface area (TPSA) is 132 Å². The number of rotatable bonds is 7. The summed E-state index contributed by atoms with van der Waals surface area (Å²) in [6.45, 7) is 10.4. The van der Waals surface area contributed by atoms with E-state index in [4.69, 9.17) is 12.0 Å². The molecule has 190 valence electrons. The van der Waals surface area contributed by atoms with Crippen molar-refractivity contribution in [2.45, 2.75) is 70.8 Å². The van der Waals surface area contributed by atoms with Gasteiger partial charge in [0.15, 0.2) is 31.5 Å². The number of fused-ring (bicyclic) bond motifs is 1. The van der Waals surface area contributed by atoms with Crippen LogP contribution in [0, 0.1) is 0 Å². The van der Waals surface area contributed by atoms with Crippen molar-refractivity contribution in [3.63, 3.8) is 0 Å². The van der Waals surface area contributed by atoms with E-state index in [1.807, 2.05) is 6.07 Å². The summed E-state index contributed by atoms with van der Waals surface area (Å²) in [5, 5.41) is 18.2. The first kappa shape index (κ1) is 24.0. The third-order valence-corrected chi connectivity index (χ3v) is 11.1. The van der Waals surface area contributed by atoms with E-state index in [2.05, 4.69) is 59.2 Å². The SMILES string of the molecule is [2H]OC[C@H]1O[C@@H](n2cnc3c(NC(=O)c4ccccc4)ncnc32)[C@@H](O[Si](C)(C)C(C)(C)C)C1O.[3H]C. The molecule has 1 aliphatic rings. The molecule has 1 aliphatic heterocycles. The summed E-state index contributed by atoms with van der Waals surface area (Å²) in [7, 11) is -1.06. The maximum absolute atomic E-state index is 12.7. The lowest BCUT2D eigenvalue weighted by Crippen LogP contribution is -2.48. The standard InChI is InChI=1S/C23H31N5O5Si.CH4/c1-23(2,3)34(4,5)33-18-17(30)15(11-29)32-22(18)28-13-26-16-19(24-12-25-20(16)28)27-21(31)14-9-7-6-8-10-14;/h6-10,12-13,15,17-18,22,29-30H,11H2,1-5H3,(H,24,25,27,31);1H4/t15-,17?,18+,22-;/m1./s1/i29D;1T. The number of imidazole rings is 1. The number of anilines is 1. The number of carbonyl (C=O) groups is 1. The molecule has 1 saturated heterocycles. The van der Waals surface area contributed by atoms with Crippen molar-refractivity contribution in [1.29, 1.82) is 1.43 Å². The molecule has 10 nitrogen and oxygen atoms in total. The van der Waals surface area contributed by atoms with Crippen LogP contribution in [-0.4, -0.2) is 70.3 Å². The van der Waals surface area contributed by atoms with Gasteiger partial charge in [-0.05, 0) is 30.3 Å². The van der Waals surface area contributed by atoms with Crippen LogP contribution in [0.2, 0.25) is 18.1 Å². The Morgan fingerprint density at radius 3 is 2.69 bits per heavy atom. The van der Waals surface area contributed by atoms with Gasteiger partial charge in [-0.2, -0.15) is 0 Å². The van der Waals surface area contributed by atoms with Crippen molar-refractivity contribution >= 4 is 31.2 Å². The molecule has 4 rings (SSSR count). The number of hydrogen-bond acceptors (Lipinski definition) is 8. The average molecular weight is 505 g/mol. The third kappa shape index (κ3) is 5.14. The number of carbonyl (C=O) groups excluding carboxylic acids is 1. The first-order chi connectivity index (χ1) is 17.5. The molecule has 35 heavy (non-hydrogen) atoms. The Kier molecular flexibility index (Phi) is 6.94. The second kappa shape index (κ2) is 10.1. The number of hydrogen-bond donors (Lipinski definition) is 3. The summed E-state index contributed by atoms with van der Waals surface area (Å²) in [5.41, 5.74) is 1.28. The van der Waals surface area contributed by atoms with Gasteiger partial charge in [-0.1, -0.05) is 46.4 Å². The molecule has 0 bridgehead atoms. The highest BCUT2D eigenvalue weighted by molar-refractivity contribution is 6.74. The Morgan fingerprint density at radius 2 is 2.03 bits per heavy atom. The van der Waals surface area contributed by atoms with E-state index in [1.165, 1.54) is 20.1 Å². The highest BCUT2D eigenvalue weighted by atomic mass is 28.4. The van der Waals surface area contributed by atoms with Gasteiger partial charge in [0.1, 0.15) is 24.6 Å². The van der Waals surface area contributed by atoms with Crippen LogP contribution in [0.5, 0.6) is 0 Å². The van der Waals surface area contributed by atoms with Crippen LogP contribution in [0.15, 0.2) is 43.0 Å². The molecule has 1 amide bonds. The fourth-order valence-electron chi connectivity index (χ4n) is 3.62. The van der Waals surface area contributed by atoms with Gasteiger partial charge in [-0.3, -0.25) is 9.36 Å². The van der Waals surface area contributed by atoms with Crippen LogP contribution in [0.4, 0.5) is 5.82 Å². The molecular weight excluding hydrogens is 466 g/mol. The minimum atomic E-state index is -2.31. The largest absolute Gasteiger partial charge is 0.407 e. The fraction of sp³-hybridized carbons (Fsp3) is 0.500. The predicted molar refractivity (Wildman–Crippen MR) is 136 cm³/mol. The van der Waals surface area contributed by atoms with Crippen LogP contribution in [0.1, 0.15) is 46.1 Å². The molecule has 1 aromatic carbocycles. The van der Waals surface area contributed by atoms with Crippen LogP contribution < -0.4 is 5.32 Å². The summed E-state index contributed by atoms with van der Waals surface area (Å²) in [5.74, 6) is -0.0615. The molecule has 3 heterocycles. The van der Waals surface area contributed by atoms with E-state index >= 15 is 0 Å². The Labute approximate surface area is 209 Å². The third-order valence-electron chi connectivity index (χ3n) is 6.61. The number of ether oxygens (including phenoxy) is 1. The van der Waals surface area contributed by atoms with Crippen molar-refractivity contribution < 1.29 is 25.5 Å². The molecule has 0 saturated carbocycles. The Bertz CT molecular complexity index is 1190. The van der Waals surface area contributed by atoms with Gasteiger partial charge in [0.2, 0.25) is 1.43 Å². The second-order valence-electron chi connectivity index (χ2n) is 9.93. The molecule has 0 radical (unpaired) electrons. The van der Waals surface area contributed by atoms with Gasteiger partial charge in [0, 0.05) is 6.93 Å². The van der Waals surface area contributed by atoms with Gasteiger partial charge in [-0.15, -0.1) is 0 Å². The molecule has 0 aliphatic carbocycles. The monoisotopic (exact) mass is 504 g/mol. The lowest BCUT2D eigenvalue weighted by Gasteiger charge is -2.40. The Morgan fingerprint density at radius 1 is 1.31 bits per heavy atom. The number of nitrogens with zero attached hydrogens (tertiary/aromatic N) is 4. The molecule has 3 aromatic rings. The number of aliphatic hydroxyl groups excluding tert-OH is 2. The summed E-state index contributed by atoms with van der Waals surface area (Å²) in [6.07, 6.45) is -0.413. The zero-order valence-electron chi connectivity index (χ0n) is 22.9. The van der Waals surface area contributed by atoms with Gasteiger partial charge < -0.3 is 24.7 Å². The van der Waals surface area contributed by atoms with Crippen LogP contribution in [0.25, 0.3) is 11.2 Å². The summed E-state index contributed by atoms with van der Waals surface area (Å²) >= 11 is 0. The van der Waals surface area contributed by atoms with E-state index in [9.17, 15) is 9.90 Å². The molecule has 0 spiro atoms. The Hall–Kier alpha value is -2.70. The van der Waals surface area contributed by atoms with Crippen LogP contribution >= 0.6 is 0 Å². The van der Waals surface area contributed by atoms with E-state index in [1.54, 1.807) is 28.8 Å². The molecule has 2 aromatic heterocycles. The van der Waals surface area contributed by atoms with Gasteiger partial charge in [-0.25, -0.2) is 15.0 Å². The van der Waals surface area contributed by atoms with E-state index in [-0.39, 0.29) is 23.4 Å². The van der Waals surface area contributed by atoms with Gasteiger partial charge >= 0.3 is 0 Å². The number of benzene rings is 1. The molecule has 1 fully saturated rings. The summed E-state index contributed by atoms with van der Waals surface area (Å²) < 4.78 is 27.2. The average Bonchev–Trinajstić information content (AvgIpc) is 3.42. The van der Waals surface area contributed by atoms with Crippen LogP contribution in [-0.2, 0) is 9.16 Å². The molecule has 4 atom stereocenters. The first-order valence-electron chi connectivity index (χ1n) is 12.6. The molecule has 1 unspecified atom stereocenters. The quantitative estimate of drug-likeness (QED) is 0.418. The molecular formula is C24H35N5O5Si. The summed E-state index contributed by atoms with van der Waals surface area (Å²) in [4.78, 5) is 25.7. The van der Waals surface area contributed by atoms with Crippen molar-refractivity contribution in [1.82, 2.24) is 19.5 Å². The first-order valence-corrected chi connectivity index (χ1v) is 14.1. The highest BCUT2D eigenvalue weighted by Gasteiger charge is 2.50. The molecule has 3 N–H and O–H groups in total. The maximum atomic E-state index is 12.7. The van der Waals surface area contributed by atoms with E-state index < -0.39 is 32.9 Å². The number of aliphatic hydroxyl groups is 2.